The van der Waals surface area contributed by atoms with E-state index in [9.17, 15) is 4.39 Å². The molecule has 19 heavy (non-hydrogen) atoms. The van der Waals surface area contributed by atoms with Crippen LogP contribution in [-0.4, -0.2) is 12.1 Å². The zero-order valence-corrected chi connectivity index (χ0v) is 11.7. The summed E-state index contributed by atoms with van der Waals surface area (Å²) in [5.41, 5.74) is 6.88. The van der Waals surface area contributed by atoms with Crippen molar-refractivity contribution in [2.75, 3.05) is 0 Å². The highest BCUT2D eigenvalue weighted by Gasteiger charge is 2.19. The zero-order valence-electron chi connectivity index (χ0n) is 11.7. The highest BCUT2D eigenvalue weighted by Crippen LogP contribution is 2.29. The molecule has 0 amide bonds. The molecule has 106 valence electrons. The van der Waals surface area contributed by atoms with Crippen molar-refractivity contribution >= 4 is 0 Å². The van der Waals surface area contributed by atoms with Crippen LogP contribution in [0, 0.1) is 5.82 Å². The molecule has 1 unspecified atom stereocenters. The van der Waals surface area contributed by atoms with Crippen LogP contribution in [0.3, 0.4) is 0 Å². The van der Waals surface area contributed by atoms with Crippen LogP contribution < -0.4 is 10.5 Å². The van der Waals surface area contributed by atoms with Gasteiger partial charge in [0.25, 0.3) is 0 Å². The van der Waals surface area contributed by atoms with Crippen LogP contribution in [0.25, 0.3) is 0 Å². The Labute approximate surface area is 115 Å². The minimum absolute atomic E-state index is 0.0653. The Morgan fingerprint density at radius 1 is 1.32 bits per heavy atom. The average Bonchev–Trinajstić information content (AvgIpc) is 2.43. The second-order valence-corrected chi connectivity index (χ2v) is 5.48. The monoisotopic (exact) mass is 265 g/mol. The van der Waals surface area contributed by atoms with Crippen molar-refractivity contribution in [3.8, 4) is 5.75 Å². The minimum Gasteiger partial charge on any atom is -0.487 e. The summed E-state index contributed by atoms with van der Waals surface area (Å²) < 4.78 is 19.9. The Balaban J connectivity index is 2.12. The van der Waals surface area contributed by atoms with Gasteiger partial charge in [-0.2, -0.15) is 0 Å². The summed E-state index contributed by atoms with van der Waals surface area (Å²) in [6.45, 7) is 2.05. The van der Waals surface area contributed by atoms with Crippen molar-refractivity contribution in [3.05, 3.63) is 29.6 Å². The fraction of sp³-hybridized carbons (Fsp3) is 0.625. The molecule has 0 radical (unpaired) electrons. The Morgan fingerprint density at radius 3 is 2.74 bits per heavy atom. The fourth-order valence-corrected chi connectivity index (χ4v) is 2.62. The number of hydrogen-bond donors (Lipinski definition) is 1. The lowest BCUT2D eigenvalue weighted by molar-refractivity contribution is 0.147. The molecule has 0 aliphatic heterocycles. The van der Waals surface area contributed by atoms with Crippen LogP contribution in [0.15, 0.2) is 18.2 Å². The molecule has 0 aromatic heterocycles. The topological polar surface area (TPSA) is 35.2 Å². The molecule has 1 atom stereocenters. The van der Waals surface area contributed by atoms with Crippen molar-refractivity contribution in [1.29, 1.82) is 0 Å². The van der Waals surface area contributed by atoms with Gasteiger partial charge in [-0.05, 0) is 50.2 Å². The molecule has 1 aromatic rings. The van der Waals surface area contributed by atoms with E-state index in [-0.39, 0.29) is 18.0 Å². The van der Waals surface area contributed by atoms with Crippen molar-refractivity contribution in [1.82, 2.24) is 0 Å². The van der Waals surface area contributed by atoms with Crippen LogP contribution in [0.2, 0.25) is 0 Å². The van der Waals surface area contributed by atoms with E-state index < -0.39 is 0 Å². The minimum atomic E-state index is -0.258. The third-order valence-electron chi connectivity index (χ3n) is 3.89. The SMILES string of the molecule is CCC(N)Cc1cccc(F)c1OC1CCCCC1. The molecule has 1 aliphatic carbocycles. The lowest BCUT2D eigenvalue weighted by atomic mass is 9.97. The van der Waals surface area contributed by atoms with E-state index in [0.29, 0.717) is 12.2 Å². The van der Waals surface area contributed by atoms with Gasteiger partial charge in [-0.3, -0.25) is 0 Å². The molecule has 3 heteroatoms. The Hall–Kier alpha value is -1.09. The average molecular weight is 265 g/mol. The van der Waals surface area contributed by atoms with E-state index in [4.69, 9.17) is 10.5 Å². The summed E-state index contributed by atoms with van der Waals surface area (Å²) in [7, 11) is 0. The van der Waals surface area contributed by atoms with E-state index >= 15 is 0 Å². The second kappa shape index (κ2) is 6.90. The molecular weight excluding hydrogens is 241 g/mol. The first-order chi connectivity index (χ1) is 9.20. The standard InChI is InChI=1S/C16H24FNO/c1-2-13(18)11-12-7-6-10-15(17)16(12)19-14-8-4-3-5-9-14/h6-7,10,13-14H,2-5,8-9,11,18H2,1H3. The number of halogens is 1. The first-order valence-corrected chi connectivity index (χ1v) is 7.40. The van der Waals surface area contributed by atoms with Gasteiger partial charge < -0.3 is 10.5 Å². The fourth-order valence-electron chi connectivity index (χ4n) is 2.62. The number of ether oxygens (including phenoxy) is 1. The van der Waals surface area contributed by atoms with Gasteiger partial charge in [0, 0.05) is 6.04 Å². The Kier molecular flexibility index (Phi) is 5.20. The Morgan fingerprint density at radius 2 is 2.05 bits per heavy atom. The maximum Gasteiger partial charge on any atom is 0.165 e. The van der Waals surface area contributed by atoms with Crippen LogP contribution in [0.4, 0.5) is 4.39 Å². The van der Waals surface area contributed by atoms with Crippen LogP contribution in [-0.2, 0) is 6.42 Å². The molecule has 0 saturated heterocycles. The largest absolute Gasteiger partial charge is 0.487 e. The smallest absolute Gasteiger partial charge is 0.165 e. The van der Waals surface area contributed by atoms with E-state index in [1.54, 1.807) is 6.07 Å². The third kappa shape index (κ3) is 3.93. The lowest BCUT2D eigenvalue weighted by Gasteiger charge is -2.25. The van der Waals surface area contributed by atoms with Gasteiger partial charge in [0.15, 0.2) is 11.6 Å². The molecule has 2 rings (SSSR count). The molecule has 2 nitrogen and oxygen atoms in total. The normalized spacial score (nSPS) is 18.3. The van der Waals surface area contributed by atoms with Crippen LogP contribution >= 0.6 is 0 Å². The predicted octanol–water partition coefficient (Wildman–Crippen LogP) is 3.82. The molecule has 2 N–H and O–H groups in total. The van der Waals surface area contributed by atoms with Gasteiger partial charge >= 0.3 is 0 Å². The second-order valence-electron chi connectivity index (χ2n) is 5.48. The van der Waals surface area contributed by atoms with Crippen molar-refractivity contribution in [3.63, 3.8) is 0 Å². The lowest BCUT2D eigenvalue weighted by Crippen LogP contribution is -2.24. The first-order valence-electron chi connectivity index (χ1n) is 7.40. The summed E-state index contributed by atoms with van der Waals surface area (Å²) in [5, 5.41) is 0. The summed E-state index contributed by atoms with van der Waals surface area (Å²) in [6.07, 6.45) is 7.44. The van der Waals surface area contributed by atoms with Gasteiger partial charge in [0.2, 0.25) is 0 Å². The van der Waals surface area contributed by atoms with Crippen LogP contribution in [0.5, 0.6) is 5.75 Å². The van der Waals surface area contributed by atoms with Crippen molar-refractivity contribution < 1.29 is 9.13 Å². The number of para-hydroxylation sites is 1. The highest BCUT2D eigenvalue weighted by molar-refractivity contribution is 5.35. The molecule has 1 aliphatic rings. The quantitative estimate of drug-likeness (QED) is 0.878. The van der Waals surface area contributed by atoms with Crippen LogP contribution in [0.1, 0.15) is 51.0 Å². The molecule has 1 fully saturated rings. The molecule has 0 spiro atoms. The molecular formula is C16H24FNO. The number of rotatable bonds is 5. The highest BCUT2D eigenvalue weighted by atomic mass is 19.1. The van der Waals surface area contributed by atoms with Gasteiger partial charge in [-0.15, -0.1) is 0 Å². The summed E-state index contributed by atoms with van der Waals surface area (Å²) in [4.78, 5) is 0. The summed E-state index contributed by atoms with van der Waals surface area (Å²) >= 11 is 0. The number of nitrogens with two attached hydrogens (primary N) is 1. The molecule has 0 bridgehead atoms. The van der Waals surface area contributed by atoms with E-state index in [2.05, 4.69) is 0 Å². The zero-order chi connectivity index (χ0) is 13.7. The van der Waals surface area contributed by atoms with E-state index in [1.807, 2.05) is 13.0 Å². The summed E-state index contributed by atoms with van der Waals surface area (Å²) in [5.74, 6) is 0.171. The maximum absolute atomic E-state index is 14.0. The predicted molar refractivity (Wildman–Crippen MR) is 75.9 cm³/mol. The number of benzene rings is 1. The number of hydrogen-bond acceptors (Lipinski definition) is 2. The van der Waals surface area contributed by atoms with E-state index in [1.165, 1.54) is 25.3 Å². The molecule has 0 heterocycles. The molecule has 1 saturated carbocycles. The van der Waals surface area contributed by atoms with E-state index in [0.717, 1.165) is 24.8 Å². The van der Waals surface area contributed by atoms with Gasteiger partial charge in [0.05, 0.1) is 6.10 Å². The Bertz CT molecular complexity index is 402. The van der Waals surface area contributed by atoms with Gasteiger partial charge in [-0.25, -0.2) is 4.39 Å². The van der Waals surface area contributed by atoms with Gasteiger partial charge in [-0.1, -0.05) is 25.5 Å². The third-order valence-corrected chi connectivity index (χ3v) is 3.89. The summed E-state index contributed by atoms with van der Waals surface area (Å²) in [6, 6.07) is 5.20. The van der Waals surface area contributed by atoms with Gasteiger partial charge in [0.1, 0.15) is 0 Å². The maximum atomic E-state index is 14.0. The first kappa shape index (κ1) is 14.3. The van der Waals surface area contributed by atoms with Crippen molar-refractivity contribution in [2.24, 2.45) is 5.73 Å². The molecule has 1 aromatic carbocycles. The van der Waals surface area contributed by atoms with Crippen molar-refractivity contribution in [2.45, 2.75) is 64.0 Å².